The molecule has 0 spiro atoms. The molecule has 0 aliphatic carbocycles. The minimum atomic E-state index is 0. The van der Waals surface area contributed by atoms with Gasteiger partial charge in [0.1, 0.15) is 5.75 Å². The smallest absolute Gasteiger partial charge is 0.220 e. The Morgan fingerprint density at radius 2 is 1.35 bits per heavy atom. The number of para-hydroxylation sites is 1. The number of nitrogens with one attached hydrogen (secondary N) is 1. The minimum absolute atomic E-state index is 0. The molecule has 8 heteroatoms. The average Bonchev–Trinajstić information content (AvgIpc) is 3.04. The van der Waals surface area contributed by atoms with E-state index in [2.05, 4.69) is 101 Å². The molecule has 1 aromatic heterocycles. The third kappa shape index (κ3) is 8.89. The second-order valence-electron chi connectivity index (χ2n) is 12.1. The van der Waals surface area contributed by atoms with Crippen LogP contribution >= 0.6 is 0 Å². The van der Waals surface area contributed by atoms with Gasteiger partial charge in [-0.05, 0) is 95.6 Å². The lowest BCUT2D eigenvalue weighted by atomic mass is 9.98. The third-order valence-corrected chi connectivity index (χ3v) is 8.56. The van der Waals surface area contributed by atoms with Crippen LogP contribution in [-0.4, -0.2) is 63.7 Å². The van der Waals surface area contributed by atoms with Crippen LogP contribution in [0.5, 0.6) is 5.75 Å². The quantitative estimate of drug-likeness (QED) is 0.0666. The highest BCUT2D eigenvalue weighted by Crippen LogP contribution is 2.33. The molecule has 0 saturated heterocycles. The van der Waals surface area contributed by atoms with E-state index in [1.165, 1.54) is 33.0 Å². The molecule has 0 aliphatic heterocycles. The molecule has 0 fully saturated rings. The lowest BCUT2D eigenvalue weighted by Gasteiger charge is -2.21. The summed E-state index contributed by atoms with van der Waals surface area (Å²) >= 11 is 0. The van der Waals surface area contributed by atoms with Crippen molar-refractivity contribution in [1.29, 1.82) is 0 Å². The number of aryl methyl sites for hydroxylation is 1. The Morgan fingerprint density at radius 1 is 0.696 bits per heavy atom. The molecule has 5 N–H and O–H groups in total. The van der Waals surface area contributed by atoms with E-state index in [1.807, 2.05) is 24.3 Å². The summed E-state index contributed by atoms with van der Waals surface area (Å²) in [6.45, 7) is 6.99. The number of methoxy groups -OCH3 is 1. The highest BCUT2D eigenvalue weighted by Gasteiger charge is 2.23. The van der Waals surface area contributed by atoms with E-state index in [4.69, 9.17) is 16.2 Å². The van der Waals surface area contributed by atoms with E-state index in [0.717, 1.165) is 87.7 Å². The molecule has 0 aliphatic rings. The number of nitrogens with two attached hydrogens (primary N) is 2. The molecule has 244 valence electrons. The first kappa shape index (κ1) is 35.0. The molecular weight excluding hydrogens is 592 g/mol. The fourth-order valence-corrected chi connectivity index (χ4v) is 6.28. The van der Waals surface area contributed by atoms with Crippen molar-refractivity contribution < 1.29 is 21.7 Å². The monoisotopic (exact) mass is 640 g/mol. The predicted octanol–water partition coefficient (Wildman–Crippen LogP) is 2.95. The summed E-state index contributed by atoms with van der Waals surface area (Å²) in [5, 5.41) is 7.24. The van der Waals surface area contributed by atoms with Gasteiger partial charge >= 0.3 is 0 Å². The number of aromatic nitrogens is 1. The van der Waals surface area contributed by atoms with E-state index in [9.17, 15) is 0 Å². The summed E-state index contributed by atoms with van der Waals surface area (Å²) < 4.78 is 7.94. The van der Waals surface area contributed by atoms with Crippen LogP contribution in [0.15, 0.2) is 91.0 Å². The van der Waals surface area contributed by atoms with Gasteiger partial charge in [-0.15, -0.1) is 0 Å². The third-order valence-electron chi connectivity index (χ3n) is 8.56. The average molecular weight is 641 g/mol. The normalized spacial score (nSPS) is 11.4. The van der Waals surface area contributed by atoms with Gasteiger partial charge in [-0.3, -0.25) is 0 Å². The zero-order valence-corrected chi connectivity index (χ0v) is 28.3. The standard InChI is InChI=1S/C38H48N6O.ClH/c1-42(23-11-24-43(2)28-30-14-7-8-15-37(30)45-3)22-9-20-41-21-10-25-44-36-27-32(40)17-19-34(36)33-18-16-31(39)26-35(33)38(44)29-12-5-4-6-13-29;/h4-8,12-19,26-27,40-41H,9-11,20-25,28,39H2,1-3H3;1H. The summed E-state index contributed by atoms with van der Waals surface area (Å²) in [7, 11) is 6.15. The van der Waals surface area contributed by atoms with Crippen molar-refractivity contribution in [3.05, 3.63) is 96.6 Å². The number of anilines is 2. The number of halogens is 1. The Bertz CT molecular complexity index is 1700. The van der Waals surface area contributed by atoms with Gasteiger partial charge in [-0.25, -0.2) is 0 Å². The molecule has 5 aromatic rings. The summed E-state index contributed by atoms with van der Waals surface area (Å²) in [5.41, 5.74) is 18.9. The van der Waals surface area contributed by atoms with Crippen LogP contribution in [0.25, 0.3) is 32.9 Å². The molecule has 46 heavy (non-hydrogen) atoms. The van der Waals surface area contributed by atoms with Gasteiger partial charge < -0.3 is 43.7 Å². The van der Waals surface area contributed by atoms with Crippen molar-refractivity contribution in [1.82, 2.24) is 15.1 Å². The number of benzene rings is 4. The van der Waals surface area contributed by atoms with Crippen molar-refractivity contribution >= 4 is 33.1 Å². The number of pyridine rings is 1. The Kier molecular flexibility index (Phi) is 13.0. The molecule has 4 aromatic carbocycles. The topological polar surface area (TPSA) is 83.7 Å². The molecular formula is C38H49ClN6O. The van der Waals surface area contributed by atoms with Gasteiger partial charge in [0.15, 0.2) is 6.54 Å². The number of hydrogen-bond acceptors (Lipinski definition) is 6. The first-order valence-electron chi connectivity index (χ1n) is 16.1. The molecule has 0 atom stereocenters. The van der Waals surface area contributed by atoms with Crippen LogP contribution in [-0.2, 0) is 13.1 Å². The summed E-state index contributed by atoms with van der Waals surface area (Å²) in [5.74, 6) is 0.963. The fourth-order valence-electron chi connectivity index (χ4n) is 6.28. The SMILES string of the molecule is COc1ccccc1CN(C)CCCN(C)CCCNCCC[n+]1c(-c2ccccc2)c2cc(N)ccc2c2ccc(N)cc21.[Cl-]. The molecule has 0 bridgehead atoms. The van der Waals surface area contributed by atoms with Crippen molar-refractivity contribution in [3.8, 4) is 17.0 Å². The molecule has 5 rings (SSSR count). The maximum Gasteiger partial charge on any atom is 0.220 e. The number of ether oxygens (including phenoxy) is 1. The summed E-state index contributed by atoms with van der Waals surface area (Å²) in [4.78, 5) is 4.81. The van der Waals surface area contributed by atoms with Gasteiger partial charge in [0.25, 0.3) is 0 Å². The number of hydrogen-bond donors (Lipinski definition) is 3. The largest absolute Gasteiger partial charge is 1.00 e. The second kappa shape index (κ2) is 17.2. The highest BCUT2D eigenvalue weighted by atomic mass is 35.5. The van der Waals surface area contributed by atoms with Crippen LogP contribution < -0.4 is 38.5 Å². The Labute approximate surface area is 280 Å². The van der Waals surface area contributed by atoms with Crippen LogP contribution in [0.1, 0.15) is 24.8 Å². The Morgan fingerprint density at radius 3 is 2.13 bits per heavy atom. The van der Waals surface area contributed by atoms with Gasteiger partial charge in [-0.1, -0.05) is 42.5 Å². The Hall–Kier alpha value is -3.88. The first-order valence-corrected chi connectivity index (χ1v) is 16.1. The molecule has 7 nitrogen and oxygen atoms in total. The van der Waals surface area contributed by atoms with Crippen molar-refractivity contribution in [3.63, 3.8) is 0 Å². The fraction of sp³-hybridized carbons (Fsp3) is 0.342. The first-order chi connectivity index (χ1) is 21.9. The van der Waals surface area contributed by atoms with Crippen LogP contribution in [0.3, 0.4) is 0 Å². The molecule has 0 unspecified atom stereocenters. The van der Waals surface area contributed by atoms with Gasteiger partial charge in [-0.2, -0.15) is 4.57 Å². The molecule has 0 radical (unpaired) electrons. The van der Waals surface area contributed by atoms with Crippen LogP contribution in [0.2, 0.25) is 0 Å². The van der Waals surface area contributed by atoms with Gasteiger partial charge in [0.2, 0.25) is 11.2 Å². The molecule has 1 heterocycles. The van der Waals surface area contributed by atoms with Gasteiger partial charge in [0, 0.05) is 53.5 Å². The second-order valence-corrected chi connectivity index (χ2v) is 12.1. The van der Waals surface area contributed by atoms with Crippen LogP contribution in [0, 0.1) is 0 Å². The predicted molar refractivity (Wildman–Crippen MR) is 189 cm³/mol. The highest BCUT2D eigenvalue weighted by molar-refractivity contribution is 6.10. The van der Waals surface area contributed by atoms with Crippen molar-refractivity contribution in [2.45, 2.75) is 32.4 Å². The van der Waals surface area contributed by atoms with E-state index in [0.29, 0.717) is 0 Å². The molecule has 0 saturated carbocycles. The van der Waals surface area contributed by atoms with E-state index >= 15 is 0 Å². The zero-order valence-electron chi connectivity index (χ0n) is 27.5. The minimum Gasteiger partial charge on any atom is -1.00 e. The number of nitrogens with zero attached hydrogens (tertiary/aromatic N) is 3. The number of rotatable bonds is 16. The zero-order chi connectivity index (χ0) is 31.6. The van der Waals surface area contributed by atoms with Crippen molar-refractivity contribution in [2.24, 2.45) is 0 Å². The number of nitrogen functional groups attached to an aromatic ring is 2. The van der Waals surface area contributed by atoms with Gasteiger partial charge in [0.05, 0.1) is 17.9 Å². The summed E-state index contributed by atoms with van der Waals surface area (Å²) in [6.07, 6.45) is 3.29. The number of fused-ring (bicyclic) bond motifs is 3. The lowest BCUT2D eigenvalue weighted by Crippen LogP contribution is -3.00. The lowest BCUT2D eigenvalue weighted by molar-refractivity contribution is -0.659. The van der Waals surface area contributed by atoms with E-state index in [1.54, 1.807) is 7.11 Å². The van der Waals surface area contributed by atoms with Crippen molar-refractivity contribution in [2.75, 3.05) is 65.4 Å². The van der Waals surface area contributed by atoms with Crippen LogP contribution in [0.4, 0.5) is 11.4 Å². The maximum atomic E-state index is 6.31. The summed E-state index contributed by atoms with van der Waals surface area (Å²) in [6, 6.07) is 31.4. The van der Waals surface area contributed by atoms with E-state index in [-0.39, 0.29) is 12.4 Å². The maximum absolute atomic E-state index is 6.31. The molecule has 0 amide bonds. The van der Waals surface area contributed by atoms with E-state index < -0.39 is 0 Å². The Balaban J connectivity index is 0.00000480.